The van der Waals surface area contributed by atoms with E-state index < -0.39 is 0 Å². The van der Waals surface area contributed by atoms with Crippen molar-refractivity contribution in [3.05, 3.63) is 53.6 Å². The molecular weight excluding hydrogens is 340 g/mol. The second-order valence-electron chi connectivity index (χ2n) is 6.32. The predicted molar refractivity (Wildman–Crippen MR) is 110 cm³/mol. The van der Waals surface area contributed by atoms with Gasteiger partial charge in [0.1, 0.15) is 0 Å². The maximum atomic E-state index is 12.4. The fourth-order valence-corrected chi connectivity index (χ4v) is 2.85. The Hall–Kier alpha value is -2.53. The molecule has 146 valence electrons. The molecule has 5 nitrogen and oxygen atoms in total. The number of carbonyl (C=O) groups is 1. The maximum Gasteiger partial charge on any atom is 0.238 e. The van der Waals surface area contributed by atoms with Crippen LogP contribution in [0.2, 0.25) is 0 Å². The van der Waals surface area contributed by atoms with E-state index in [-0.39, 0.29) is 5.91 Å². The van der Waals surface area contributed by atoms with Crippen molar-refractivity contribution in [1.29, 1.82) is 0 Å². The first-order valence-electron chi connectivity index (χ1n) is 9.50. The van der Waals surface area contributed by atoms with Crippen molar-refractivity contribution in [3.63, 3.8) is 0 Å². The Bertz CT molecular complexity index is 729. The molecule has 0 spiro atoms. The fraction of sp³-hybridized carbons (Fsp3) is 0.409. The van der Waals surface area contributed by atoms with E-state index in [1.807, 2.05) is 49.4 Å². The van der Waals surface area contributed by atoms with Crippen molar-refractivity contribution in [2.75, 3.05) is 32.1 Å². The Morgan fingerprint density at radius 3 is 2.30 bits per heavy atom. The van der Waals surface area contributed by atoms with Crippen molar-refractivity contribution < 1.29 is 14.3 Å². The first-order chi connectivity index (χ1) is 13.1. The van der Waals surface area contributed by atoms with Crippen LogP contribution in [0.5, 0.6) is 11.5 Å². The highest BCUT2D eigenvalue weighted by atomic mass is 16.5. The summed E-state index contributed by atoms with van der Waals surface area (Å²) in [6.45, 7) is 8.48. The third kappa shape index (κ3) is 6.29. The number of likely N-dealkylation sites (N-methyl/N-ethyl adjacent to an activating group) is 1. The number of nitrogens with one attached hydrogen (secondary N) is 1. The fourth-order valence-electron chi connectivity index (χ4n) is 2.85. The molecule has 0 bridgehead atoms. The molecule has 0 saturated carbocycles. The summed E-state index contributed by atoms with van der Waals surface area (Å²) < 4.78 is 11.0. The van der Waals surface area contributed by atoms with E-state index in [1.54, 1.807) is 7.11 Å². The van der Waals surface area contributed by atoms with Gasteiger partial charge in [0.25, 0.3) is 0 Å². The third-order valence-corrected chi connectivity index (χ3v) is 4.39. The smallest absolute Gasteiger partial charge is 0.238 e. The zero-order valence-corrected chi connectivity index (χ0v) is 16.7. The minimum absolute atomic E-state index is 0.0148. The monoisotopic (exact) mass is 370 g/mol. The van der Waals surface area contributed by atoms with Gasteiger partial charge in [-0.1, -0.05) is 32.0 Å². The number of nitrogens with zero attached hydrogens (tertiary/aromatic N) is 1. The average molecular weight is 370 g/mol. The predicted octanol–water partition coefficient (Wildman–Crippen LogP) is 4.12. The van der Waals surface area contributed by atoms with Crippen molar-refractivity contribution in [1.82, 2.24) is 4.90 Å². The normalized spacial score (nSPS) is 10.7. The van der Waals surface area contributed by atoms with Gasteiger partial charge < -0.3 is 14.8 Å². The maximum absolute atomic E-state index is 12.4. The van der Waals surface area contributed by atoms with Crippen LogP contribution in [0.25, 0.3) is 0 Å². The molecule has 0 saturated heterocycles. The lowest BCUT2D eigenvalue weighted by Crippen LogP contribution is -2.32. The molecule has 1 amide bonds. The summed E-state index contributed by atoms with van der Waals surface area (Å²) in [4.78, 5) is 14.5. The quantitative estimate of drug-likeness (QED) is 0.684. The third-order valence-electron chi connectivity index (χ3n) is 4.39. The van der Waals surface area contributed by atoms with Crippen LogP contribution < -0.4 is 14.8 Å². The minimum atomic E-state index is -0.0148. The van der Waals surface area contributed by atoms with Crippen molar-refractivity contribution in [3.8, 4) is 11.5 Å². The second kappa shape index (κ2) is 10.6. The molecule has 0 radical (unpaired) electrons. The number of hydrogen-bond donors (Lipinski definition) is 1. The molecule has 0 fully saturated rings. The Kier molecular flexibility index (Phi) is 8.14. The zero-order valence-electron chi connectivity index (χ0n) is 16.7. The van der Waals surface area contributed by atoms with E-state index in [9.17, 15) is 4.79 Å². The van der Waals surface area contributed by atoms with Gasteiger partial charge in [-0.15, -0.1) is 0 Å². The molecule has 0 heterocycles. The van der Waals surface area contributed by atoms with Crippen LogP contribution in [0.4, 0.5) is 5.69 Å². The first-order valence-corrected chi connectivity index (χ1v) is 9.50. The van der Waals surface area contributed by atoms with E-state index in [0.717, 1.165) is 30.0 Å². The Morgan fingerprint density at radius 2 is 1.70 bits per heavy atom. The second-order valence-corrected chi connectivity index (χ2v) is 6.32. The molecule has 2 rings (SSSR count). The van der Waals surface area contributed by atoms with Gasteiger partial charge in [0.05, 0.1) is 20.3 Å². The van der Waals surface area contributed by atoms with Gasteiger partial charge in [-0.3, -0.25) is 9.69 Å². The van der Waals surface area contributed by atoms with Gasteiger partial charge in [-0.25, -0.2) is 0 Å². The van der Waals surface area contributed by atoms with E-state index in [4.69, 9.17) is 9.47 Å². The average Bonchev–Trinajstić information content (AvgIpc) is 2.69. The molecular formula is C22H30N2O3. The number of anilines is 1. The number of hydrogen-bond acceptors (Lipinski definition) is 4. The number of aryl methyl sites for hydroxylation is 1. The SMILES string of the molecule is CCOc1ccc(CN(CC)CC(=O)Nc2ccc(CC)cc2)cc1OC. The summed E-state index contributed by atoms with van der Waals surface area (Å²) in [5, 5.41) is 2.97. The van der Waals surface area contributed by atoms with Gasteiger partial charge in [0.15, 0.2) is 11.5 Å². The van der Waals surface area contributed by atoms with Gasteiger partial charge in [-0.05, 0) is 55.3 Å². The number of benzene rings is 2. The van der Waals surface area contributed by atoms with E-state index in [0.29, 0.717) is 25.4 Å². The van der Waals surface area contributed by atoms with Crippen LogP contribution in [0, 0.1) is 0 Å². The minimum Gasteiger partial charge on any atom is -0.493 e. The van der Waals surface area contributed by atoms with Crippen molar-refractivity contribution >= 4 is 11.6 Å². The highest BCUT2D eigenvalue weighted by Crippen LogP contribution is 2.28. The first kappa shape index (κ1) is 20.8. The lowest BCUT2D eigenvalue weighted by Gasteiger charge is -2.21. The lowest BCUT2D eigenvalue weighted by atomic mass is 10.1. The van der Waals surface area contributed by atoms with Crippen LogP contribution in [0.1, 0.15) is 31.9 Å². The summed E-state index contributed by atoms with van der Waals surface area (Å²) in [6, 6.07) is 13.9. The number of ether oxygens (including phenoxy) is 2. The van der Waals surface area contributed by atoms with Crippen LogP contribution in [-0.4, -0.2) is 37.6 Å². The highest BCUT2D eigenvalue weighted by Gasteiger charge is 2.12. The standard InChI is InChI=1S/C22H30N2O3/c1-5-17-8-11-19(12-9-17)23-22(25)16-24(6-2)15-18-10-13-20(27-7-3)21(14-18)26-4/h8-14H,5-7,15-16H2,1-4H3,(H,23,25). The Morgan fingerprint density at radius 1 is 1.00 bits per heavy atom. The zero-order chi connectivity index (χ0) is 19.6. The largest absolute Gasteiger partial charge is 0.493 e. The number of amides is 1. The van der Waals surface area contributed by atoms with Crippen LogP contribution in [0.3, 0.4) is 0 Å². The summed E-state index contributed by atoms with van der Waals surface area (Å²) >= 11 is 0. The summed E-state index contributed by atoms with van der Waals surface area (Å²) in [6.07, 6.45) is 0.989. The molecule has 0 aliphatic rings. The molecule has 27 heavy (non-hydrogen) atoms. The van der Waals surface area contributed by atoms with E-state index in [1.165, 1.54) is 5.56 Å². The molecule has 1 N–H and O–H groups in total. The molecule has 0 aliphatic heterocycles. The number of carbonyl (C=O) groups excluding carboxylic acids is 1. The molecule has 5 heteroatoms. The van der Waals surface area contributed by atoms with E-state index >= 15 is 0 Å². The van der Waals surface area contributed by atoms with Crippen LogP contribution >= 0.6 is 0 Å². The molecule has 2 aromatic carbocycles. The van der Waals surface area contributed by atoms with Crippen molar-refractivity contribution in [2.24, 2.45) is 0 Å². The highest BCUT2D eigenvalue weighted by molar-refractivity contribution is 5.92. The number of methoxy groups -OCH3 is 1. The topological polar surface area (TPSA) is 50.8 Å². The number of rotatable bonds is 10. The Balaban J connectivity index is 1.96. The van der Waals surface area contributed by atoms with Crippen LogP contribution in [-0.2, 0) is 17.8 Å². The van der Waals surface area contributed by atoms with Gasteiger partial charge >= 0.3 is 0 Å². The van der Waals surface area contributed by atoms with Crippen molar-refractivity contribution in [2.45, 2.75) is 33.7 Å². The molecule has 0 atom stereocenters. The lowest BCUT2D eigenvalue weighted by molar-refractivity contribution is -0.117. The van der Waals surface area contributed by atoms with E-state index in [2.05, 4.69) is 24.1 Å². The molecule has 0 unspecified atom stereocenters. The summed E-state index contributed by atoms with van der Waals surface area (Å²) in [5.41, 5.74) is 3.17. The molecule has 0 aromatic heterocycles. The van der Waals surface area contributed by atoms with Gasteiger partial charge in [0.2, 0.25) is 5.91 Å². The van der Waals surface area contributed by atoms with Gasteiger partial charge in [-0.2, -0.15) is 0 Å². The Labute approximate surface area is 162 Å². The summed E-state index contributed by atoms with van der Waals surface area (Å²) in [5.74, 6) is 1.44. The molecule has 2 aromatic rings. The van der Waals surface area contributed by atoms with Crippen LogP contribution in [0.15, 0.2) is 42.5 Å². The molecule has 0 aliphatic carbocycles. The van der Waals surface area contributed by atoms with Gasteiger partial charge in [0, 0.05) is 12.2 Å². The summed E-state index contributed by atoms with van der Waals surface area (Å²) in [7, 11) is 1.64.